The maximum absolute atomic E-state index is 12.6. The number of nitrogens with zero attached hydrogens (tertiary/aromatic N) is 1. The molecule has 2 aliphatic rings. The Labute approximate surface area is 170 Å². The first kappa shape index (κ1) is 20.9. The summed E-state index contributed by atoms with van der Waals surface area (Å²) in [4.78, 5) is 26.5. The number of aliphatic carboxylic acids is 1. The Hall–Kier alpha value is -2.80. The molecule has 3 rings (SSSR count). The van der Waals surface area contributed by atoms with Gasteiger partial charge in [0.25, 0.3) is 0 Å². The molecule has 7 nitrogen and oxygen atoms in total. The maximum Gasteiger partial charge on any atom is 0.336 e. The largest absolute Gasteiger partial charge is 0.491 e. The zero-order valence-electron chi connectivity index (χ0n) is 17.0. The van der Waals surface area contributed by atoms with E-state index in [-0.39, 0.29) is 23.4 Å². The highest BCUT2D eigenvalue weighted by Crippen LogP contribution is 2.41. The fourth-order valence-electron chi connectivity index (χ4n) is 3.72. The first-order chi connectivity index (χ1) is 13.9. The molecule has 7 heteroatoms. The number of carboxylic acid groups (broad SMARTS) is 1. The molecule has 1 aromatic rings. The van der Waals surface area contributed by atoms with Gasteiger partial charge in [-0.25, -0.2) is 9.59 Å². The molecule has 0 amide bonds. The van der Waals surface area contributed by atoms with Crippen molar-refractivity contribution < 1.29 is 28.9 Å². The molecule has 2 atom stereocenters. The lowest BCUT2D eigenvalue weighted by atomic mass is 9.82. The van der Waals surface area contributed by atoms with Crippen LogP contribution in [-0.2, 0) is 19.1 Å². The third-order valence-corrected chi connectivity index (χ3v) is 4.93. The van der Waals surface area contributed by atoms with Gasteiger partial charge in [0.1, 0.15) is 5.75 Å². The average molecular weight is 401 g/mol. The molecule has 0 spiro atoms. The summed E-state index contributed by atoms with van der Waals surface area (Å²) in [5.74, 6) is -1.92. The van der Waals surface area contributed by atoms with Gasteiger partial charge in [-0.05, 0) is 32.8 Å². The second-order valence-corrected chi connectivity index (χ2v) is 7.43. The Bertz CT molecular complexity index is 822. The van der Waals surface area contributed by atoms with Crippen molar-refractivity contribution in [3.8, 4) is 5.75 Å². The highest BCUT2D eigenvalue weighted by Gasteiger charge is 2.37. The van der Waals surface area contributed by atoms with Crippen molar-refractivity contribution in [2.24, 2.45) is 0 Å². The van der Waals surface area contributed by atoms with E-state index in [1.165, 1.54) is 7.11 Å². The van der Waals surface area contributed by atoms with Crippen LogP contribution >= 0.6 is 0 Å². The lowest BCUT2D eigenvalue weighted by Gasteiger charge is -2.31. The second-order valence-electron chi connectivity index (χ2n) is 7.43. The van der Waals surface area contributed by atoms with E-state index in [0.717, 1.165) is 12.8 Å². The topological polar surface area (TPSA) is 85.3 Å². The van der Waals surface area contributed by atoms with Gasteiger partial charge in [-0.1, -0.05) is 18.2 Å². The van der Waals surface area contributed by atoms with E-state index in [1.54, 1.807) is 35.5 Å². The molecule has 0 aliphatic carbocycles. The van der Waals surface area contributed by atoms with Gasteiger partial charge in [0.05, 0.1) is 36.4 Å². The molecule has 2 heterocycles. The standard InChI is InChI=1S/C22H27NO6/c1-14(2)29-19-9-5-4-8-16(19)20-17(21(24)25)12-23(11-15-7-6-10-28-15)13-18(20)22(26)27-3/h4-5,8-9,12-15,20H,6-7,10-11H2,1-3H3,(H,24,25). The number of ether oxygens (including phenoxy) is 3. The van der Waals surface area contributed by atoms with Gasteiger partial charge in [0.2, 0.25) is 0 Å². The third kappa shape index (κ3) is 4.79. The Balaban J connectivity index is 2.05. The predicted octanol–water partition coefficient (Wildman–Crippen LogP) is 3.08. The Kier molecular flexibility index (Phi) is 6.59. The van der Waals surface area contributed by atoms with E-state index in [0.29, 0.717) is 24.5 Å². The molecule has 1 aromatic carbocycles. The molecule has 2 unspecified atom stereocenters. The molecule has 0 saturated carbocycles. The molecule has 0 aromatic heterocycles. The van der Waals surface area contributed by atoms with Crippen molar-refractivity contribution in [2.45, 2.75) is 44.8 Å². The number of carbonyl (C=O) groups excluding carboxylic acids is 1. The molecular weight excluding hydrogens is 374 g/mol. The van der Waals surface area contributed by atoms with Crippen molar-refractivity contribution in [1.82, 2.24) is 4.90 Å². The van der Waals surface area contributed by atoms with Crippen LogP contribution in [0.15, 0.2) is 47.8 Å². The van der Waals surface area contributed by atoms with E-state index >= 15 is 0 Å². The first-order valence-electron chi connectivity index (χ1n) is 9.78. The number of benzene rings is 1. The van der Waals surface area contributed by atoms with Gasteiger partial charge in [-0.3, -0.25) is 0 Å². The van der Waals surface area contributed by atoms with Crippen LogP contribution in [-0.4, -0.2) is 54.4 Å². The summed E-state index contributed by atoms with van der Waals surface area (Å²) in [6, 6.07) is 7.18. The normalized spacial score (nSPS) is 21.6. The zero-order valence-corrected chi connectivity index (χ0v) is 17.0. The van der Waals surface area contributed by atoms with Crippen LogP contribution < -0.4 is 4.74 Å². The molecule has 1 saturated heterocycles. The number of rotatable bonds is 7. The van der Waals surface area contributed by atoms with E-state index in [1.807, 2.05) is 19.9 Å². The van der Waals surface area contributed by atoms with Gasteiger partial charge in [-0.2, -0.15) is 0 Å². The van der Waals surface area contributed by atoms with Gasteiger partial charge in [0.15, 0.2) is 0 Å². The number of carbonyl (C=O) groups is 2. The van der Waals surface area contributed by atoms with Crippen LogP contribution in [0.1, 0.15) is 38.2 Å². The monoisotopic (exact) mass is 401 g/mol. The van der Waals surface area contributed by atoms with Crippen LogP contribution in [0.25, 0.3) is 0 Å². The average Bonchev–Trinajstić information content (AvgIpc) is 3.20. The van der Waals surface area contributed by atoms with Crippen molar-refractivity contribution in [2.75, 3.05) is 20.3 Å². The minimum Gasteiger partial charge on any atom is -0.491 e. The second kappa shape index (κ2) is 9.13. The molecule has 1 fully saturated rings. The number of hydrogen-bond donors (Lipinski definition) is 1. The SMILES string of the molecule is COC(=O)C1=CN(CC2CCCO2)C=C(C(=O)O)C1c1ccccc1OC(C)C. The predicted molar refractivity (Wildman–Crippen MR) is 106 cm³/mol. The number of esters is 1. The molecule has 2 aliphatic heterocycles. The fourth-order valence-corrected chi connectivity index (χ4v) is 3.72. The molecule has 156 valence electrons. The molecule has 0 bridgehead atoms. The summed E-state index contributed by atoms with van der Waals surface area (Å²) in [5, 5.41) is 9.95. The van der Waals surface area contributed by atoms with Crippen LogP contribution in [0.2, 0.25) is 0 Å². The Morgan fingerprint density at radius 3 is 2.59 bits per heavy atom. The fraction of sp³-hybridized carbons (Fsp3) is 0.455. The quantitative estimate of drug-likeness (QED) is 0.703. The summed E-state index contributed by atoms with van der Waals surface area (Å²) in [5.41, 5.74) is 0.958. The molecule has 0 radical (unpaired) electrons. The van der Waals surface area contributed by atoms with E-state index in [2.05, 4.69) is 0 Å². The maximum atomic E-state index is 12.6. The van der Waals surface area contributed by atoms with Crippen LogP contribution in [0, 0.1) is 0 Å². The summed E-state index contributed by atoms with van der Waals surface area (Å²) >= 11 is 0. The number of methoxy groups -OCH3 is 1. The Morgan fingerprint density at radius 2 is 1.97 bits per heavy atom. The minimum absolute atomic E-state index is 0.00422. The van der Waals surface area contributed by atoms with Crippen molar-refractivity contribution in [1.29, 1.82) is 0 Å². The number of carboxylic acids is 1. The van der Waals surface area contributed by atoms with Gasteiger partial charge in [0, 0.05) is 31.1 Å². The van der Waals surface area contributed by atoms with Gasteiger partial charge in [-0.15, -0.1) is 0 Å². The van der Waals surface area contributed by atoms with Crippen LogP contribution in [0.5, 0.6) is 5.75 Å². The van der Waals surface area contributed by atoms with Crippen molar-refractivity contribution in [3.05, 3.63) is 53.4 Å². The molecule has 29 heavy (non-hydrogen) atoms. The van der Waals surface area contributed by atoms with Gasteiger partial charge < -0.3 is 24.2 Å². The zero-order chi connectivity index (χ0) is 21.0. The summed E-state index contributed by atoms with van der Waals surface area (Å²) in [6.07, 6.45) is 5.03. The number of para-hydroxylation sites is 1. The van der Waals surface area contributed by atoms with E-state index < -0.39 is 17.9 Å². The van der Waals surface area contributed by atoms with Crippen molar-refractivity contribution in [3.63, 3.8) is 0 Å². The summed E-state index contributed by atoms with van der Waals surface area (Å²) in [6.45, 7) is 4.97. The molecular formula is C22H27NO6. The van der Waals surface area contributed by atoms with Crippen molar-refractivity contribution >= 4 is 11.9 Å². The minimum atomic E-state index is -1.10. The molecule has 1 N–H and O–H groups in total. The van der Waals surface area contributed by atoms with Gasteiger partial charge >= 0.3 is 11.9 Å². The van der Waals surface area contributed by atoms with E-state index in [4.69, 9.17) is 14.2 Å². The van der Waals surface area contributed by atoms with Crippen LogP contribution in [0.4, 0.5) is 0 Å². The smallest absolute Gasteiger partial charge is 0.336 e. The lowest BCUT2D eigenvalue weighted by Crippen LogP contribution is -2.32. The number of hydrogen-bond acceptors (Lipinski definition) is 6. The summed E-state index contributed by atoms with van der Waals surface area (Å²) in [7, 11) is 1.29. The third-order valence-electron chi connectivity index (χ3n) is 4.93. The van der Waals surface area contributed by atoms with Crippen LogP contribution in [0.3, 0.4) is 0 Å². The first-order valence-corrected chi connectivity index (χ1v) is 9.78. The Morgan fingerprint density at radius 1 is 1.24 bits per heavy atom. The highest BCUT2D eigenvalue weighted by molar-refractivity contribution is 5.98. The highest BCUT2D eigenvalue weighted by atomic mass is 16.5. The van der Waals surface area contributed by atoms with E-state index in [9.17, 15) is 14.7 Å². The summed E-state index contributed by atoms with van der Waals surface area (Å²) < 4.78 is 16.5. The lowest BCUT2D eigenvalue weighted by molar-refractivity contribution is -0.136.